The zero-order chi connectivity index (χ0) is 10.1. The molecule has 0 aromatic heterocycles. The smallest absolute Gasteiger partial charge is 0.198 e. The van der Waals surface area contributed by atoms with Gasteiger partial charge in [-0.25, -0.2) is 0 Å². The van der Waals surface area contributed by atoms with Crippen molar-refractivity contribution in [1.82, 2.24) is 10.2 Å². The summed E-state index contributed by atoms with van der Waals surface area (Å²) in [6, 6.07) is 8.47. The van der Waals surface area contributed by atoms with E-state index in [1.165, 1.54) is 11.1 Å². The molecule has 0 unspecified atom stereocenters. The van der Waals surface area contributed by atoms with Crippen LogP contribution in [0.3, 0.4) is 0 Å². The van der Waals surface area contributed by atoms with E-state index in [-0.39, 0.29) is 12.4 Å². The number of guanidine groups is 1. The van der Waals surface area contributed by atoms with Gasteiger partial charge < -0.3 is 10.2 Å². The number of nitrogens with one attached hydrogen (secondary N) is 1. The number of benzene rings is 1. The van der Waals surface area contributed by atoms with E-state index in [0.717, 1.165) is 25.6 Å². The van der Waals surface area contributed by atoms with E-state index in [2.05, 4.69) is 51.8 Å². The van der Waals surface area contributed by atoms with Crippen LogP contribution < -0.4 is 5.32 Å². The van der Waals surface area contributed by atoms with Crippen LogP contribution in [0.25, 0.3) is 6.08 Å². The summed E-state index contributed by atoms with van der Waals surface area (Å²) in [5, 5.41) is 3.28. The minimum atomic E-state index is 0. The van der Waals surface area contributed by atoms with E-state index in [1.54, 1.807) is 0 Å². The Hall–Kier alpha value is -1.48. The highest BCUT2D eigenvalue weighted by molar-refractivity contribution is 5.85. The van der Waals surface area contributed by atoms with Crippen molar-refractivity contribution >= 4 is 24.4 Å². The van der Waals surface area contributed by atoms with Crippen molar-refractivity contribution in [3.63, 3.8) is 0 Å². The van der Waals surface area contributed by atoms with Crippen LogP contribution in [-0.4, -0.2) is 23.9 Å². The van der Waals surface area contributed by atoms with Crippen LogP contribution in [-0.2, 0) is 6.54 Å². The highest BCUT2D eigenvalue weighted by Gasteiger charge is 2.16. The summed E-state index contributed by atoms with van der Waals surface area (Å²) in [4.78, 5) is 6.57. The number of rotatable bonds is 0. The van der Waals surface area contributed by atoms with Gasteiger partial charge in [0.05, 0.1) is 13.1 Å². The molecule has 0 saturated heterocycles. The lowest BCUT2D eigenvalue weighted by Crippen LogP contribution is -2.35. The maximum absolute atomic E-state index is 4.41. The van der Waals surface area contributed by atoms with Crippen molar-refractivity contribution in [1.29, 1.82) is 0 Å². The van der Waals surface area contributed by atoms with E-state index in [1.807, 2.05) is 0 Å². The number of halogens is 1. The van der Waals surface area contributed by atoms with E-state index < -0.39 is 0 Å². The molecule has 3 nitrogen and oxygen atoms in total. The van der Waals surface area contributed by atoms with Crippen LogP contribution in [0.4, 0.5) is 0 Å². The fourth-order valence-corrected chi connectivity index (χ4v) is 1.97. The van der Waals surface area contributed by atoms with Crippen LogP contribution in [0.15, 0.2) is 35.5 Å². The molecule has 0 radical (unpaired) electrons. The maximum atomic E-state index is 4.41. The van der Waals surface area contributed by atoms with Crippen molar-refractivity contribution in [2.45, 2.75) is 6.54 Å². The molecule has 0 amide bonds. The van der Waals surface area contributed by atoms with Gasteiger partial charge in [0.15, 0.2) is 5.96 Å². The third-order valence-corrected chi connectivity index (χ3v) is 2.76. The topological polar surface area (TPSA) is 27.6 Å². The number of nitrogens with zero attached hydrogens (tertiary/aromatic N) is 2. The van der Waals surface area contributed by atoms with Crippen LogP contribution in [0.2, 0.25) is 0 Å². The molecular formula is C12H14ClN3. The molecule has 0 fully saturated rings. The van der Waals surface area contributed by atoms with Crippen LogP contribution >= 0.6 is 12.4 Å². The van der Waals surface area contributed by atoms with Gasteiger partial charge >= 0.3 is 0 Å². The molecule has 1 N–H and O–H groups in total. The van der Waals surface area contributed by atoms with Gasteiger partial charge in [-0.05, 0) is 17.2 Å². The Kier molecular flexibility index (Phi) is 3.15. The largest absolute Gasteiger partial charge is 0.354 e. The fraction of sp³-hybridized carbons (Fsp3) is 0.250. The molecule has 0 saturated carbocycles. The minimum absolute atomic E-state index is 0. The van der Waals surface area contributed by atoms with Gasteiger partial charge in [-0.15, -0.1) is 12.4 Å². The highest BCUT2D eigenvalue weighted by atomic mass is 35.5. The molecule has 1 aromatic carbocycles. The standard InChI is InChI=1S/C12H13N3.ClH/c1-2-4-11-9-15(8-5-10(11)3-1)12-13-6-7-14-12;/h1-5,8H,6-7,9H2,(H,13,14);1H. The summed E-state index contributed by atoms with van der Waals surface area (Å²) in [7, 11) is 0. The first kappa shape index (κ1) is 11.0. The quantitative estimate of drug-likeness (QED) is 0.743. The van der Waals surface area contributed by atoms with Crippen LogP contribution in [0, 0.1) is 0 Å². The van der Waals surface area contributed by atoms with Gasteiger partial charge in [-0.3, -0.25) is 4.99 Å². The van der Waals surface area contributed by atoms with Gasteiger partial charge in [-0.1, -0.05) is 24.3 Å². The second kappa shape index (κ2) is 4.58. The molecule has 0 atom stereocenters. The molecule has 3 rings (SSSR count). The van der Waals surface area contributed by atoms with Crippen molar-refractivity contribution < 1.29 is 0 Å². The predicted molar refractivity (Wildman–Crippen MR) is 68.6 cm³/mol. The maximum Gasteiger partial charge on any atom is 0.198 e. The predicted octanol–water partition coefficient (Wildman–Crippen LogP) is 1.85. The molecule has 2 heterocycles. The lowest BCUT2D eigenvalue weighted by Gasteiger charge is -2.24. The second-order valence-electron chi connectivity index (χ2n) is 3.77. The summed E-state index contributed by atoms with van der Waals surface area (Å²) in [6.45, 7) is 2.77. The first-order valence-corrected chi connectivity index (χ1v) is 5.24. The minimum Gasteiger partial charge on any atom is -0.354 e. The average molecular weight is 236 g/mol. The van der Waals surface area contributed by atoms with Gasteiger partial charge in [0.25, 0.3) is 0 Å². The second-order valence-corrected chi connectivity index (χ2v) is 3.77. The van der Waals surface area contributed by atoms with E-state index in [9.17, 15) is 0 Å². The Balaban J connectivity index is 0.000000963. The molecule has 0 bridgehead atoms. The van der Waals surface area contributed by atoms with Crippen molar-refractivity contribution in [2.75, 3.05) is 13.1 Å². The van der Waals surface area contributed by atoms with Crippen molar-refractivity contribution in [3.05, 3.63) is 41.6 Å². The average Bonchev–Trinajstić information content (AvgIpc) is 2.82. The molecule has 4 heteroatoms. The van der Waals surface area contributed by atoms with E-state index in [4.69, 9.17) is 0 Å². The van der Waals surface area contributed by atoms with E-state index >= 15 is 0 Å². The molecule has 16 heavy (non-hydrogen) atoms. The summed E-state index contributed by atoms with van der Waals surface area (Å²) in [5.41, 5.74) is 2.67. The lowest BCUT2D eigenvalue weighted by molar-refractivity contribution is 0.532. The number of hydrogen-bond donors (Lipinski definition) is 1. The van der Waals surface area contributed by atoms with Crippen LogP contribution in [0.1, 0.15) is 11.1 Å². The highest BCUT2D eigenvalue weighted by Crippen LogP contribution is 2.19. The molecular weight excluding hydrogens is 222 g/mol. The number of hydrogen-bond acceptors (Lipinski definition) is 3. The first-order valence-electron chi connectivity index (χ1n) is 5.24. The van der Waals surface area contributed by atoms with Crippen LogP contribution in [0.5, 0.6) is 0 Å². The Bertz CT molecular complexity index is 440. The van der Waals surface area contributed by atoms with Gasteiger partial charge in [0.1, 0.15) is 0 Å². The summed E-state index contributed by atoms with van der Waals surface area (Å²) in [6.07, 6.45) is 4.24. The Morgan fingerprint density at radius 2 is 2.12 bits per heavy atom. The SMILES string of the molecule is C1=CN(C2=NCCN2)Cc2ccccc21.Cl. The number of aliphatic imine (C=N–C) groups is 1. The molecule has 0 spiro atoms. The normalized spacial score (nSPS) is 17.2. The van der Waals surface area contributed by atoms with Crippen molar-refractivity contribution in [2.24, 2.45) is 4.99 Å². The summed E-state index contributed by atoms with van der Waals surface area (Å²) >= 11 is 0. The summed E-state index contributed by atoms with van der Waals surface area (Å²) < 4.78 is 0. The zero-order valence-corrected chi connectivity index (χ0v) is 9.70. The third-order valence-electron chi connectivity index (χ3n) is 2.76. The van der Waals surface area contributed by atoms with Gasteiger partial charge in [0, 0.05) is 12.7 Å². The molecule has 1 aromatic rings. The van der Waals surface area contributed by atoms with Gasteiger partial charge in [-0.2, -0.15) is 0 Å². The summed E-state index contributed by atoms with van der Waals surface area (Å²) in [5.74, 6) is 1.00. The molecule has 2 aliphatic rings. The number of fused-ring (bicyclic) bond motifs is 1. The Morgan fingerprint density at radius 3 is 2.94 bits per heavy atom. The molecule has 2 aliphatic heterocycles. The van der Waals surface area contributed by atoms with Crippen molar-refractivity contribution in [3.8, 4) is 0 Å². The molecule has 0 aliphatic carbocycles. The fourth-order valence-electron chi connectivity index (χ4n) is 1.97. The first-order chi connectivity index (χ1) is 7.43. The third kappa shape index (κ3) is 1.91. The molecule has 84 valence electrons. The monoisotopic (exact) mass is 235 g/mol. The zero-order valence-electron chi connectivity index (χ0n) is 8.89. The lowest BCUT2D eigenvalue weighted by atomic mass is 10.0. The van der Waals surface area contributed by atoms with Gasteiger partial charge in [0.2, 0.25) is 0 Å². The Morgan fingerprint density at radius 1 is 1.25 bits per heavy atom. The Labute approximate surface area is 101 Å². The van der Waals surface area contributed by atoms with E-state index in [0.29, 0.717) is 0 Å².